The predicted molar refractivity (Wildman–Crippen MR) is 80.0 cm³/mol. The quantitative estimate of drug-likeness (QED) is 0.379. The first-order valence-corrected chi connectivity index (χ1v) is 6.21. The zero-order valence-corrected chi connectivity index (χ0v) is 11.7. The topological polar surface area (TPSA) is 67.5 Å². The van der Waals surface area contributed by atoms with Crippen LogP contribution in [0.2, 0.25) is 0 Å². The highest BCUT2D eigenvalue weighted by atomic mass is 35.5. The molecular formula is C14H14ClN3O2. The number of halogens is 1. The van der Waals surface area contributed by atoms with Crippen molar-refractivity contribution in [2.75, 3.05) is 6.54 Å². The number of rotatable bonds is 6. The molecule has 0 aliphatic rings. The van der Waals surface area contributed by atoms with E-state index in [2.05, 4.69) is 16.2 Å². The van der Waals surface area contributed by atoms with Gasteiger partial charge in [0.1, 0.15) is 6.54 Å². The molecule has 1 aromatic rings. The second-order valence-electron chi connectivity index (χ2n) is 3.88. The molecule has 0 atom stereocenters. The molecule has 0 fully saturated rings. The van der Waals surface area contributed by atoms with E-state index in [9.17, 15) is 10.1 Å². The Morgan fingerprint density at radius 3 is 2.70 bits per heavy atom. The van der Waals surface area contributed by atoms with Crippen LogP contribution in [0.3, 0.4) is 0 Å². The van der Waals surface area contributed by atoms with Crippen molar-refractivity contribution in [3.05, 3.63) is 57.4 Å². The summed E-state index contributed by atoms with van der Waals surface area (Å²) in [5.41, 5.74) is 1.08. The number of aliphatic imine (C=N–C) groups is 1. The van der Waals surface area contributed by atoms with Gasteiger partial charge in [-0.1, -0.05) is 47.9 Å². The van der Waals surface area contributed by atoms with Crippen LogP contribution >= 0.6 is 11.6 Å². The molecule has 0 aromatic heterocycles. The van der Waals surface area contributed by atoms with E-state index in [0.717, 1.165) is 5.56 Å². The lowest BCUT2D eigenvalue weighted by atomic mass is 10.2. The normalized spacial score (nSPS) is 12.3. The fourth-order valence-electron chi connectivity index (χ4n) is 1.47. The monoisotopic (exact) mass is 291 g/mol. The Balaban J connectivity index is 2.88. The summed E-state index contributed by atoms with van der Waals surface area (Å²) in [5.74, 6) is 2.25. The third-order valence-corrected chi connectivity index (χ3v) is 2.74. The molecule has 20 heavy (non-hydrogen) atoms. The Hall–Kier alpha value is -2.32. The maximum Gasteiger partial charge on any atom is 0.324 e. The summed E-state index contributed by atoms with van der Waals surface area (Å²) in [7, 11) is 0. The van der Waals surface area contributed by atoms with Gasteiger partial charge >= 0.3 is 5.70 Å². The highest BCUT2D eigenvalue weighted by Crippen LogP contribution is 2.10. The molecule has 104 valence electrons. The second kappa shape index (κ2) is 7.97. The van der Waals surface area contributed by atoms with Crippen molar-refractivity contribution in [1.29, 1.82) is 0 Å². The van der Waals surface area contributed by atoms with Gasteiger partial charge < -0.3 is 5.32 Å². The Labute approximate surface area is 122 Å². The first kappa shape index (κ1) is 15.7. The van der Waals surface area contributed by atoms with E-state index in [1.54, 1.807) is 6.92 Å². The van der Waals surface area contributed by atoms with Crippen molar-refractivity contribution >= 4 is 16.8 Å². The van der Waals surface area contributed by atoms with Crippen LogP contribution in [-0.4, -0.2) is 16.6 Å². The lowest BCUT2D eigenvalue weighted by Crippen LogP contribution is -2.19. The number of nitrogens with one attached hydrogen (secondary N) is 1. The maximum atomic E-state index is 11.0. The molecule has 0 saturated carbocycles. The third kappa shape index (κ3) is 4.75. The Kier molecular flexibility index (Phi) is 6.27. The number of terminal acetylenes is 1. The smallest absolute Gasteiger partial charge is 0.324 e. The molecule has 0 saturated heterocycles. The SMILES string of the molecule is C#CC/N=C(Cl)\C(=C(/C)NCc1ccccc1)[N+](=O)[O-]. The van der Waals surface area contributed by atoms with Gasteiger partial charge in [0, 0.05) is 6.54 Å². The summed E-state index contributed by atoms with van der Waals surface area (Å²) in [6.45, 7) is 2.04. The molecular weight excluding hydrogens is 278 g/mol. The molecule has 0 radical (unpaired) electrons. The molecule has 1 rings (SSSR count). The molecule has 0 aliphatic heterocycles. The minimum Gasteiger partial charge on any atom is -0.379 e. The molecule has 1 aromatic carbocycles. The number of nitro groups is 1. The van der Waals surface area contributed by atoms with Gasteiger partial charge in [-0.3, -0.25) is 15.1 Å². The van der Waals surface area contributed by atoms with E-state index >= 15 is 0 Å². The average Bonchev–Trinajstić information content (AvgIpc) is 2.43. The highest BCUT2D eigenvalue weighted by molar-refractivity contribution is 6.69. The second-order valence-corrected chi connectivity index (χ2v) is 4.24. The zero-order valence-electron chi connectivity index (χ0n) is 11.0. The molecule has 0 bridgehead atoms. The fourth-order valence-corrected chi connectivity index (χ4v) is 1.74. The van der Waals surface area contributed by atoms with Crippen molar-refractivity contribution in [3.63, 3.8) is 0 Å². The number of allylic oxidation sites excluding steroid dienone is 2. The summed E-state index contributed by atoms with van der Waals surface area (Å²) in [6.07, 6.45) is 5.05. The van der Waals surface area contributed by atoms with Crippen molar-refractivity contribution in [2.45, 2.75) is 13.5 Å². The molecule has 5 nitrogen and oxygen atoms in total. The van der Waals surface area contributed by atoms with Crippen LogP contribution in [0.1, 0.15) is 12.5 Å². The molecule has 1 N–H and O–H groups in total. The Bertz CT molecular complexity index is 574. The van der Waals surface area contributed by atoms with Crippen LogP contribution in [0.25, 0.3) is 0 Å². The lowest BCUT2D eigenvalue weighted by Gasteiger charge is -2.07. The van der Waals surface area contributed by atoms with E-state index in [0.29, 0.717) is 12.2 Å². The Morgan fingerprint density at radius 1 is 1.50 bits per heavy atom. The van der Waals surface area contributed by atoms with Gasteiger partial charge in [-0.25, -0.2) is 0 Å². The number of nitrogens with zero attached hydrogens (tertiary/aromatic N) is 2. The zero-order chi connectivity index (χ0) is 15.0. The third-order valence-electron chi connectivity index (χ3n) is 2.44. The molecule has 0 unspecified atom stereocenters. The van der Waals surface area contributed by atoms with Gasteiger partial charge in [-0.2, -0.15) is 0 Å². The summed E-state index contributed by atoms with van der Waals surface area (Å²) < 4.78 is 0. The van der Waals surface area contributed by atoms with E-state index < -0.39 is 4.92 Å². The summed E-state index contributed by atoms with van der Waals surface area (Å²) >= 11 is 5.81. The first-order chi connectivity index (χ1) is 9.56. The van der Waals surface area contributed by atoms with Gasteiger partial charge in [0.25, 0.3) is 0 Å². The summed E-state index contributed by atoms with van der Waals surface area (Å²) in [4.78, 5) is 14.2. The standard InChI is InChI=1S/C14H14ClN3O2/c1-3-9-16-14(15)13(18(19)20)11(2)17-10-12-7-5-4-6-8-12/h1,4-8,17H,9-10H2,2H3/b13-11-,16-14+. The summed E-state index contributed by atoms with van der Waals surface area (Å²) in [6, 6.07) is 9.52. The number of hydrogen-bond donors (Lipinski definition) is 1. The highest BCUT2D eigenvalue weighted by Gasteiger charge is 2.21. The van der Waals surface area contributed by atoms with Crippen LogP contribution in [0.5, 0.6) is 0 Å². The van der Waals surface area contributed by atoms with Crippen LogP contribution < -0.4 is 5.32 Å². The van der Waals surface area contributed by atoms with Gasteiger partial charge in [-0.05, 0) is 12.5 Å². The molecule has 0 amide bonds. The van der Waals surface area contributed by atoms with Crippen molar-refractivity contribution in [3.8, 4) is 12.3 Å². The van der Waals surface area contributed by atoms with E-state index in [4.69, 9.17) is 18.0 Å². The first-order valence-electron chi connectivity index (χ1n) is 5.83. The van der Waals surface area contributed by atoms with Crippen LogP contribution in [0.4, 0.5) is 0 Å². The molecule has 0 spiro atoms. The van der Waals surface area contributed by atoms with E-state index in [-0.39, 0.29) is 17.4 Å². The summed E-state index contributed by atoms with van der Waals surface area (Å²) in [5, 5.41) is 13.8. The molecule has 6 heteroatoms. The molecule has 0 heterocycles. The van der Waals surface area contributed by atoms with Crippen molar-refractivity contribution in [2.24, 2.45) is 4.99 Å². The average molecular weight is 292 g/mol. The maximum absolute atomic E-state index is 11.0. The minimum atomic E-state index is -0.574. The van der Waals surface area contributed by atoms with Crippen molar-refractivity contribution < 1.29 is 4.92 Å². The lowest BCUT2D eigenvalue weighted by molar-refractivity contribution is -0.416. The van der Waals surface area contributed by atoms with Gasteiger partial charge in [0.05, 0.1) is 10.6 Å². The Morgan fingerprint density at radius 2 is 2.15 bits per heavy atom. The molecule has 0 aliphatic carbocycles. The largest absolute Gasteiger partial charge is 0.379 e. The van der Waals surface area contributed by atoms with Gasteiger partial charge in [0.2, 0.25) is 5.17 Å². The van der Waals surface area contributed by atoms with Gasteiger partial charge in [0.15, 0.2) is 0 Å². The van der Waals surface area contributed by atoms with Crippen molar-refractivity contribution in [1.82, 2.24) is 5.32 Å². The number of hydrogen-bond acceptors (Lipinski definition) is 4. The number of benzene rings is 1. The predicted octanol–water partition coefficient (Wildman–Crippen LogP) is 2.55. The van der Waals surface area contributed by atoms with Gasteiger partial charge in [-0.15, -0.1) is 6.42 Å². The van der Waals surface area contributed by atoms with E-state index in [1.807, 2.05) is 30.3 Å². The van der Waals surface area contributed by atoms with Crippen LogP contribution in [-0.2, 0) is 6.54 Å². The van der Waals surface area contributed by atoms with Crippen LogP contribution in [0, 0.1) is 22.5 Å². The van der Waals surface area contributed by atoms with Crippen LogP contribution in [0.15, 0.2) is 46.7 Å². The van der Waals surface area contributed by atoms with E-state index in [1.165, 1.54) is 0 Å². The fraction of sp³-hybridized carbons (Fsp3) is 0.214. The minimum absolute atomic E-state index is 0.00212.